The number of ketones is 1. The number of carbonyl (C=O) groups is 2. The fraction of sp³-hybridized carbons (Fsp3) is 0.323. The number of nitrogens with one attached hydrogen (secondary N) is 1. The van der Waals surface area contributed by atoms with Gasteiger partial charge in [0.25, 0.3) is 0 Å². The van der Waals surface area contributed by atoms with Gasteiger partial charge in [-0.25, -0.2) is 0 Å². The molecule has 1 amide bonds. The molecule has 0 fully saturated rings. The van der Waals surface area contributed by atoms with Crippen LogP contribution in [-0.2, 0) is 16.0 Å². The molecule has 222 valence electrons. The number of methoxy groups -OCH3 is 1. The third-order valence-electron chi connectivity index (χ3n) is 7.45. The van der Waals surface area contributed by atoms with Crippen molar-refractivity contribution in [1.82, 2.24) is 10.2 Å². The van der Waals surface area contributed by atoms with Gasteiger partial charge >= 0.3 is 0 Å². The number of hydrogen-bond acceptors (Lipinski definition) is 10. The smallest absolute Gasteiger partial charge is 0.234 e. The number of hydrogen-bond donors (Lipinski definition) is 2. The molecular weight excluding hydrogens is 604 g/mol. The van der Waals surface area contributed by atoms with Crippen molar-refractivity contribution in [3.63, 3.8) is 0 Å². The van der Waals surface area contributed by atoms with Crippen molar-refractivity contribution >= 4 is 57.2 Å². The minimum atomic E-state index is -0.556. The van der Waals surface area contributed by atoms with E-state index in [0.717, 1.165) is 17.7 Å². The van der Waals surface area contributed by atoms with Gasteiger partial charge < -0.3 is 15.8 Å². The van der Waals surface area contributed by atoms with Crippen LogP contribution in [0.4, 0.5) is 10.8 Å². The Morgan fingerprint density at radius 3 is 2.67 bits per heavy atom. The van der Waals surface area contributed by atoms with E-state index in [-0.39, 0.29) is 28.7 Å². The lowest BCUT2D eigenvalue weighted by Crippen LogP contribution is -2.42. The summed E-state index contributed by atoms with van der Waals surface area (Å²) in [6, 6.07) is 15.3. The first kappa shape index (κ1) is 30.6. The Hall–Kier alpha value is -3.85. The molecule has 1 aliphatic heterocycles. The number of aryl methyl sites for hydroxylation is 1. The first-order valence-electron chi connectivity index (χ1n) is 13.7. The number of Topliss-reactive ketones (excluding diaryl/α,β-unsaturated/α-hetero) is 1. The third-order valence-corrected chi connectivity index (χ3v) is 9.73. The van der Waals surface area contributed by atoms with Gasteiger partial charge in [-0.15, -0.1) is 10.2 Å². The molecule has 1 unspecified atom stereocenters. The van der Waals surface area contributed by atoms with Crippen LogP contribution in [0.2, 0.25) is 5.02 Å². The van der Waals surface area contributed by atoms with Gasteiger partial charge in [0, 0.05) is 22.7 Å². The van der Waals surface area contributed by atoms with Gasteiger partial charge in [0.1, 0.15) is 11.6 Å². The molecular formula is C31H31ClN6O3S2. The summed E-state index contributed by atoms with van der Waals surface area (Å²) in [7, 11) is 1.51. The van der Waals surface area contributed by atoms with Crippen molar-refractivity contribution in [2.24, 2.45) is 11.1 Å². The number of allylic oxidation sites excluding steroid dienone is 3. The maximum absolute atomic E-state index is 13.7. The number of rotatable bonds is 8. The van der Waals surface area contributed by atoms with E-state index in [0.29, 0.717) is 49.9 Å². The predicted molar refractivity (Wildman–Crippen MR) is 170 cm³/mol. The molecule has 0 radical (unpaired) electrons. The number of nitrogens with two attached hydrogens (primary N) is 1. The first-order valence-corrected chi connectivity index (χ1v) is 15.9. The summed E-state index contributed by atoms with van der Waals surface area (Å²) in [5.41, 5.74) is 10.5. The fourth-order valence-corrected chi connectivity index (χ4v) is 7.30. The molecule has 3 N–H and O–H groups in total. The minimum Gasteiger partial charge on any atom is -0.495 e. The molecule has 0 saturated carbocycles. The van der Waals surface area contributed by atoms with E-state index < -0.39 is 5.92 Å². The molecule has 43 heavy (non-hydrogen) atoms. The number of aromatic nitrogens is 2. The number of anilines is 2. The third kappa shape index (κ3) is 6.27. The Morgan fingerprint density at radius 1 is 1.26 bits per heavy atom. The van der Waals surface area contributed by atoms with Gasteiger partial charge in [0.2, 0.25) is 11.0 Å². The standard InChI is InChI=1S/C31H31ClN6O3S2/c1-5-17-6-8-18(9-7-17)26-20(15-33)28(34)38(22-13-31(2,3)14-23(39)27(22)26)29-36-37-30(43-29)42-16-25(40)35-21-12-19(32)10-11-24(21)41-4/h6-12,26H,5,13-14,16,34H2,1-4H3,(H,35,40). The van der Waals surface area contributed by atoms with Gasteiger partial charge in [-0.05, 0) is 47.6 Å². The molecule has 0 saturated heterocycles. The predicted octanol–water partition coefficient (Wildman–Crippen LogP) is 6.43. The van der Waals surface area contributed by atoms with Crippen LogP contribution in [0.1, 0.15) is 50.7 Å². The molecule has 9 nitrogen and oxygen atoms in total. The SMILES string of the molecule is CCc1ccc(C2C(C#N)=C(N)N(c3nnc(SCC(=O)Nc4cc(Cl)ccc4OC)s3)C3=C2C(=O)CC(C)(C)C3)cc1. The summed E-state index contributed by atoms with van der Waals surface area (Å²) in [4.78, 5) is 28.2. The Balaban J connectivity index is 1.45. The number of benzene rings is 2. The van der Waals surface area contributed by atoms with Gasteiger partial charge in [-0.1, -0.05) is 79.7 Å². The Bertz CT molecular complexity index is 1690. The molecule has 2 heterocycles. The van der Waals surface area contributed by atoms with E-state index >= 15 is 0 Å². The van der Waals surface area contributed by atoms with E-state index in [2.05, 4.69) is 28.5 Å². The molecule has 2 aliphatic rings. The van der Waals surface area contributed by atoms with Crippen molar-refractivity contribution in [3.8, 4) is 11.8 Å². The van der Waals surface area contributed by atoms with Crippen LogP contribution in [0.15, 0.2) is 69.5 Å². The molecule has 2 aromatic carbocycles. The maximum atomic E-state index is 13.7. The zero-order valence-electron chi connectivity index (χ0n) is 24.2. The minimum absolute atomic E-state index is 0.00621. The quantitative estimate of drug-likeness (QED) is 0.269. The summed E-state index contributed by atoms with van der Waals surface area (Å²) in [5, 5.41) is 22.7. The van der Waals surface area contributed by atoms with E-state index in [4.69, 9.17) is 22.1 Å². The second-order valence-electron chi connectivity index (χ2n) is 11.1. The first-order chi connectivity index (χ1) is 20.5. The number of nitrogens with zero attached hydrogens (tertiary/aromatic N) is 4. The maximum Gasteiger partial charge on any atom is 0.234 e. The van der Waals surface area contributed by atoms with Crippen LogP contribution in [0.3, 0.4) is 0 Å². The van der Waals surface area contributed by atoms with Crippen LogP contribution in [0.25, 0.3) is 0 Å². The summed E-state index contributed by atoms with van der Waals surface area (Å²) in [6.07, 6.45) is 1.82. The molecule has 3 aromatic rings. The highest BCUT2D eigenvalue weighted by Gasteiger charge is 2.45. The number of thioether (sulfide) groups is 1. The topological polar surface area (TPSA) is 134 Å². The van der Waals surface area contributed by atoms with Crippen LogP contribution < -0.4 is 20.7 Å². The van der Waals surface area contributed by atoms with Crippen molar-refractivity contribution in [3.05, 3.63) is 81.3 Å². The molecule has 1 atom stereocenters. The fourth-order valence-electron chi connectivity index (χ4n) is 5.45. The highest BCUT2D eigenvalue weighted by Crippen LogP contribution is 2.50. The summed E-state index contributed by atoms with van der Waals surface area (Å²) in [5.74, 6) is -0.0416. The lowest BCUT2D eigenvalue weighted by Gasteiger charge is -2.42. The van der Waals surface area contributed by atoms with Crippen LogP contribution in [0.5, 0.6) is 5.75 Å². The number of halogens is 1. The summed E-state index contributed by atoms with van der Waals surface area (Å²) < 4.78 is 5.84. The number of ether oxygens (including phenoxy) is 1. The van der Waals surface area contributed by atoms with Gasteiger partial charge in [-0.2, -0.15) is 5.26 Å². The normalized spacial score (nSPS) is 17.9. The Kier molecular flexibility index (Phi) is 8.83. The summed E-state index contributed by atoms with van der Waals surface area (Å²) >= 11 is 8.54. The average molecular weight is 635 g/mol. The largest absolute Gasteiger partial charge is 0.495 e. The van der Waals surface area contributed by atoms with E-state index in [9.17, 15) is 14.9 Å². The zero-order chi connectivity index (χ0) is 30.9. The number of carbonyl (C=O) groups excluding carboxylic acids is 2. The molecule has 12 heteroatoms. The van der Waals surface area contributed by atoms with E-state index in [1.807, 2.05) is 38.1 Å². The van der Waals surface area contributed by atoms with Gasteiger partial charge in [0.05, 0.1) is 36.1 Å². The van der Waals surface area contributed by atoms with Gasteiger partial charge in [-0.3, -0.25) is 14.5 Å². The highest BCUT2D eigenvalue weighted by atomic mass is 35.5. The molecule has 1 aromatic heterocycles. The summed E-state index contributed by atoms with van der Waals surface area (Å²) in [6.45, 7) is 6.18. The van der Waals surface area contributed by atoms with Crippen LogP contribution in [0, 0.1) is 16.7 Å². The second-order valence-corrected chi connectivity index (χ2v) is 13.7. The Morgan fingerprint density at radius 2 is 2.00 bits per heavy atom. The van der Waals surface area contributed by atoms with Crippen LogP contribution >= 0.6 is 34.7 Å². The van der Waals surface area contributed by atoms with E-state index in [1.54, 1.807) is 23.1 Å². The van der Waals surface area contributed by atoms with Crippen LogP contribution in [-0.4, -0.2) is 34.8 Å². The van der Waals surface area contributed by atoms with Crippen molar-refractivity contribution in [2.45, 2.75) is 50.3 Å². The lowest BCUT2D eigenvalue weighted by molar-refractivity contribution is -0.118. The van der Waals surface area contributed by atoms with Gasteiger partial charge in [0.15, 0.2) is 10.1 Å². The Labute approximate surface area is 263 Å². The average Bonchev–Trinajstić information content (AvgIpc) is 3.43. The lowest BCUT2D eigenvalue weighted by atomic mass is 9.68. The molecule has 0 spiro atoms. The number of amides is 1. The zero-order valence-corrected chi connectivity index (χ0v) is 26.6. The van der Waals surface area contributed by atoms with Crippen molar-refractivity contribution in [1.29, 1.82) is 5.26 Å². The second kappa shape index (κ2) is 12.4. The monoisotopic (exact) mass is 634 g/mol. The van der Waals surface area contributed by atoms with E-state index in [1.165, 1.54) is 35.8 Å². The van der Waals surface area contributed by atoms with Crippen molar-refractivity contribution < 1.29 is 14.3 Å². The number of nitriles is 1. The molecule has 5 rings (SSSR count). The molecule has 0 bridgehead atoms. The highest BCUT2D eigenvalue weighted by molar-refractivity contribution is 8.01. The molecule has 1 aliphatic carbocycles. The van der Waals surface area contributed by atoms with Crippen molar-refractivity contribution in [2.75, 3.05) is 23.1 Å².